The van der Waals surface area contributed by atoms with Crippen LogP contribution in [0.3, 0.4) is 0 Å². The summed E-state index contributed by atoms with van der Waals surface area (Å²) in [6, 6.07) is 6.06. The van der Waals surface area contributed by atoms with Crippen LogP contribution in [0.15, 0.2) is 36.7 Å². The molecule has 0 saturated carbocycles. The fraction of sp³-hybridized carbons (Fsp3) is 0.312. The lowest BCUT2D eigenvalue weighted by Crippen LogP contribution is -2.03. The highest BCUT2D eigenvalue weighted by molar-refractivity contribution is 5.36. The number of benzene rings is 1. The number of halogens is 1. The first-order valence-electron chi connectivity index (χ1n) is 6.75. The van der Waals surface area contributed by atoms with Crippen molar-refractivity contribution >= 4 is 0 Å². The van der Waals surface area contributed by atoms with Gasteiger partial charge in [-0.05, 0) is 30.2 Å². The van der Waals surface area contributed by atoms with Crippen molar-refractivity contribution in [2.45, 2.75) is 19.4 Å². The number of aliphatic hydroxyl groups is 1. The third-order valence-electron chi connectivity index (χ3n) is 3.01. The lowest BCUT2D eigenvalue weighted by Gasteiger charge is -2.13. The van der Waals surface area contributed by atoms with Gasteiger partial charge in [-0.3, -0.25) is 4.98 Å². The number of nitrogens with zero attached hydrogens (tertiary/aromatic N) is 1. The largest absolute Gasteiger partial charge is 0.494 e. The molecule has 1 atom stereocenters. The normalized spacial score (nSPS) is 12.0. The number of ether oxygens (including phenoxy) is 2. The van der Waals surface area contributed by atoms with Gasteiger partial charge in [0.15, 0.2) is 11.6 Å². The summed E-state index contributed by atoms with van der Waals surface area (Å²) in [7, 11) is 1.40. The van der Waals surface area contributed by atoms with Crippen LogP contribution >= 0.6 is 0 Å². The molecule has 1 aromatic heterocycles. The Morgan fingerprint density at radius 2 is 2.05 bits per heavy atom. The molecule has 4 nitrogen and oxygen atoms in total. The van der Waals surface area contributed by atoms with Crippen LogP contribution in [-0.2, 0) is 0 Å². The fourth-order valence-corrected chi connectivity index (χ4v) is 1.93. The van der Waals surface area contributed by atoms with E-state index in [4.69, 9.17) is 9.47 Å². The molecule has 1 N–H and O–H groups in total. The molecule has 0 amide bonds. The Bertz CT molecular complexity index is 604. The van der Waals surface area contributed by atoms with E-state index in [2.05, 4.69) is 4.98 Å². The first-order chi connectivity index (χ1) is 10.2. The Morgan fingerprint density at radius 1 is 1.24 bits per heavy atom. The van der Waals surface area contributed by atoms with E-state index in [1.807, 2.05) is 6.92 Å². The van der Waals surface area contributed by atoms with E-state index in [0.717, 1.165) is 6.42 Å². The molecule has 2 aromatic rings. The molecule has 0 aliphatic heterocycles. The molecule has 1 unspecified atom stereocenters. The zero-order valence-electron chi connectivity index (χ0n) is 12.0. The number of pyridine rings is 1. The average Bonchev–Trinajstić information content (AvgIpc) is 2.52. The maximum atomic E-state index is 13.7. The van der Waals surface area contributed by atoms with Crippen LogP contribution in [0.5, 0.6) is 11.5 Å². The molecule has 0 bridgehead atoms. The van der Waals surface area contributed by atoms with Crippen LogP contribution < -0.4 is 9.47 Å². The highest BCUT2D eigenvalue weighted by Crippen LogP contribution is 2.27. The van der Waals surface area contributed by atoms with Gasteiger partial charge in [0.2, 0.25) is 0 Å². The maximum absolute atomic E-state index is 13.7. The monoisotopic (exact) mass is 291 g/mol. The second-order valence-electron chi connectivity index (χ2n) is 4.60. The number of methoxy groups -OCH3 is 1. The highest BCUT2D eigenvalue weighted by atomic mass is 19.1. The minimum Gasteiger partial charge on any atom is -0.494 e. The number of aliphatic hydroxyl groups excluding tert-OH is 1. The lowest BCUT2D eigenvalue weighted by molar-refractivity contribution is 0.218. The first-order valence-corrected chi connectivity index (χ1v) is 6.75. The first kappa shape index (κ1) is 15.3. The van der Waals surface area contributed by atoms with Crippen molar-refractivity contribution in [1.82, 2.24) is 4.98 Å². The minimum absolute atomic E-state index is 0.143. The molecular weight excluding hydrogens is 273 g/mol. The predicted octanol–water partition coefficient (Wildman–Crippen LogP) is 3.10. The summed E-state index contributed by atoms with van der Waals surface area (Å²) >= 11 is 0. The van der Waals surface area contributed by atoms with Crippen molar-refractivity contribution in [2.24, 2.45) is 0 Å². The second-order valence-corrected chi connectivity index (χ2v) is 4.60. The molecule has 112 valence electrons. The van der Waals surface area contributed by atoms with Gasteiger partial charge in [0, 0.05) is 11.8 Å². The predicted molar refractivity (Wildman–Crippen MR) is 77.0 cm³/mol. The zero-order valence-corrected chi connectivity index (χ0v) is 12.0. The quantitative estimate of drug-likeness (QED) is 0.888. The van der Waals surface area contributed by atoms with Crippen LogP contribution in [0.1, 0.15) is 30.6 Å². The van der Waals surface area contributed by atoms with Gasteiger partial charge in [-0.25, -0.2) is 4.39 Å². The number of hydrogen-bond acceptors (Lipinski definition) is 4. The summed E-state index contributed by atoms with van der Waals surface area (Å²) in [6.07, 6.45) is 3.03. The Kier molecular flexibility index (Phi) is 5.11. The van der Waals surface area contributed by atoms with E-state index in [1.165, 1.54) is 25.4 Å². The van der Waals surface area contributed by atoms with E-state index >= 15 is 0 Å². The van der Waals surface area contributed by atoms with E-state index < -0.39 is 11.9 Å². The van der Waals surface area contributed by atoms with Crippen LogP contribution in [0.4, 0.5) is 4.39 Å². The fourth-order valence-electron chi connectivity index (χ4n) is 1.93. The van der Waals surface area contributed by atoms with Crippen LogP contribution in [0, 0.1) is 5.82 Å². The van der Waals surface area contributed by atoms with Crippen LogP contribution in [-0.4, -0.2) is 23.8 Å². The number of rotatable bonds is 6. The Balaban J connectivity index is 2.22. The topological polar surface area (TPSA) is 51.6 Å². The van der Waals surface area contributed by atoms with Gasteiger partial charge in [0.25, 0.3) is 0 Å². The molecule has 5 heteroatoms. The van der Waals surface area contributed by atoms with Gasteiger partial charge in [-0.2, -0.15) is 0 Å². The molecule has 2 rings (SSSR count). The number of aromatic nitrogens is 1. The van der Waals surface area contributed by atoms with Crippen LogP contribution in [0.2, 0.25) is 0 Å². The Hall–Kier alpha value is -2.14. The molecule has 1 aromatic carbocycles. The average molecular weight is 291 g/mol. The standard InChI is InChI=1S/C16H18FNO3/c1-3-6-21-13-7-12(9-18-10-13)16(19)11-4-5-15(20-2)14(17)8-11/h4-5,7-10,16,19H,3,6H2,1-2H3. The van der Waals surface area contributed by atoms with Crippen molar-refractivity contribution in [3.05, 3.63) is 53.6 Å². The summed E-state index contributed by atoms with van der Waals surface area (Å²) in [5.41, 5.74) is 0.982. The molecule has 0 aliphatic carbocycles. The lowest BCUT2D eigenvalue weighted by atomic mass is 10.0. The maximum Gasteiger partial charge on any atom is 0.165 e. The van der Waals surface area contributed by atoms with Crippen molar-refractivity contribution < 1.29 is 19.0 Å². The third-order valence-corrected chi connectivity index (χ3v) is 3.01. The van der Waals surface area contributed by atoms with Gasteiger partial charge in [0.05, 0.1) is 19.9 Å². The summed E-state index contributed by atoms with van der Waals surface area (Å²) in [5.74, 6) is 0.215. The van der Waals surface area contributed by atoms with Crippen molar-refractivity contribution in [1.29, 1.82) is 0 Å². The number of hydrogen-bond donors (Lipinski definition) is 1. The summed E-state index contributed by atoms with van der Waals surface area (Å²) < 4.78 is 24.0. The molecular formula is C16H18FNO3. The molecule has 0 saturated heterocycles. The van der Waals surface area contributed by atoms with Crippen LogP contribution in [0.25, 0.3) is 0 Å². The van der Waals surface area contributed by atoms with Gasteiger partial charge in [-0.15, -0.1) is 0 Å². The van der Waals surface area contributed by atoms with Gasteiger partial charge in [0.1, 0.15) is 11.9 Å². The van der Waals surface area contributed by atoms with E-state index in [1.54, 1.807) is 18.3 Å². The third kappa shape index (κ3) is 3.70. The summed E-state index contributed by atoms with van der Waals surface area (Å²) in [5, 5.41) is 10.3. The van der Waals surface area contributed by atoms with Gasteiger partial charge in [-0.1, -0.05) is 13.0 Å². The summed E-state index contributed by atoms with van der Waals surface area (Å²) in [6.45, 7) is 2.59. The smallest absolute Gasteiger partial charge is 0.165 e. The van der Waals surface area contributed by atoms with E-state index in [0.29, 0.717) is 23.5 Å². The van der Waals surface area contributed by atoms with Crippen molar-refractivity contribution in [3.63, 3.8) is 0 Å². The Morgan fingerprint density at radius 3 is 2.71 bits per heavy atom. The molecule has 21 heavy (non-hydrogen) atoms. The van der Waals surface area contributed by atoms with Crippen molar-refractivity contribution in [2.75, 3.05) is 13.7 Å². The van der Waals surface area contributed by atoms with Gasteiger partial charge >= 0.3 is 0 Å². The Labute approximate surface area is 123 Å². The molecule has 0 radical (unpaired) electrons. The minimum atomic E-state index is -0.969. The van der Waals surface area contributed by atoms with E-state index in [-0.39, 0.29) is 5.75 Å². The SMILES string of the molecule is CCCOc1cncc(C(O)c2ccc(OC)c(F)c2)c1. The summed E-state index contributed by atoms with van der Waals surface area (Å²) in [4.78, 5) is 4.04. The molecule has 0 spiro atoms. The second kappa shape index (κ2) is 7.04. The van der Waals surface area contributed by atoms with Crippen molar-refractivity contribution in [3.8, 4) is 11.5 Å². The van der Waals surface area contributed by atoms with Gasteiger partial charge < -0.3 is 14.6 Å². The molecule has 0 fully saturated rings. The highest BCUT2D eigenvalue weighted by Gasteiger charge is 2.14. The zero-order chi connectivity index (χ0) is 15.2. The molecule has 0 aliphatic rings. The van der Waals surface area contributed by atoms with E-state index in [9.17, 15) is 9.50 Å². The molecule has 1 heterocycles.